The third-order valence-electron chi connectivity index (χ3n) is 2.67. The molecule has 0 spiro atoms. The van der Waals surface area contributed by atoms with Gasteiger partial charge in [0.25, 0.3) is 5.91 Å². The van der Waals surface area contributed by atoms with E-state index < -0.39 is 5.91 Å². The van der Waals surface area contributed by atoms with Crippen LogP contribution in [0.15, 0.2) is 30.3 Å². The zero-order valence-corrected chi connectivity index (χ0v) is 10.6. The van der Waals surface area contributed by atoms with E-state index in [4.69, 9.17) is 0 Å². The van der Waals surface area contributed by atoms with E-state index in [1.807, 2.05) is 0 Å². The lowest BCUT2D eigenvalue weighted by Crippen LogP contribution is -2.15. The molecule has 1 aromatic heterocycles. The summed E-state index contributed by atoms with van der Waals surface area (Å²) in [5.74, 6) is -0.225. The van der Waals surface area contributed by atoms with Crippen LogP contribution in [0, 0.1) is 12.7 Å². The minimum Gasteiger partial charge on any atom is -0.372 e. The van der Waals surface area contributed by atoms with Gasteiger partial charge in [0.05, 0.1) is 0 Å². The second-order valence-electron chi connectivity index (χ2n) is 3.92. The molecule has 1 aromatic carbocycles. The number of hydrogen-bond acceptors (Lipinski definition) is 4. The van der Waals surface area contributed by atoms with Crippen LogP contribution in [0.25, 0.3) is 0 Å². The van der Waals surface area contributed by atoms with Crippen molar-refractivity contribution in [1.82, 2.24) is 10.2 Å². The Bertz CT molecular complexity index is 598. The summed E-state index contributed by atoms with van der Waals surface area (Å²) in [4.78, 5) is 11.9. The van der Waals surface area contributed by atoms with Crippen LogP contribution in [0.1, 0.15) is 16.1 Å². The van der Waals surface area contributed by atoms with Crippen LogP contribution < -0.4 is 10.6 Å². The Kier molecular flexibility index (Phi) is 3.70. The van der Waals surface area contributed by atoms with Crippen molar-refractivity contribution in [3.63, 3.8) is 0 Å². The number of carbonyl (C=O) groups is 1. The van der Waals surface area contributed by atoms with E-state index in [0.717, 1.165) is 0 Å². The Labute approximate surface area is 109 Å². The van der Waals surface area contributed by atoms with Crippen LogP contribution in [0.2, 0.25) is 0 Å². The Balaban J connectivity index is 2.18. The van der Waals surface area contributed by atoms with Crippen molar-refractivity contribution < 1.29 is 9.18 Å². The number of benzene rings is 1. The number of aromatic nitrogens is 2. The molecule has 0 aliphatic rings. The fourth-order valence-corrected chi connectivity index (χ4v) is 1.52. The maximum absolute atomic E-state index is 13.3. The minimum absolute atomic E-state index is 0.169. The fourth-order valence-electron chi connectivity index (χ4n) is 1.52. The van der Waals surface area contributed by atoms with Crippen molar-refractivity contribution in [2.75, 3.05) is 17.7 Å². The SMILES string of the molecule is CNc1ccc(C(=O)Nc2cccc(F)c2C)nn1. The predicted octanol–water partition coefficient (Wildman–Crippen LogP) is 2.22. The molecular weight excluding hydrogens is 247 g/mol. The van der Waals surface area contributed by atoms with E-state index in [2.05, 4.69) is 20.8 Å². The molecule has 0 atom stereocenters. The first-order chi connectivity index (χ1) is 9.11. The Morgan fingerprint density at radius 2 is 2.00 bits per heavy atom. The summed E-state index contributed by atoms with van der Waals surface area (Å²) in [5, 5.41) is 13.0. The molecule has 98 valence electrons. The van der Waals surface area contributed by atoms with Gasteiger partial charge in [-0.15, -0.1) is 10.2 Å². The third-order valence-corrected chi connectivity index (χ3v) is 2.67. The Hall–Kier alpha value is -2.50. The second-order valence-corrected chi connectivity index (χ2v) is 3.92. The van der Waals surface area contributed by atoms with Gasteiger partial charge in [-0.05, 0) is 31.2 Å². The van der Waals surface area contributed by atoms with Crippen molar-refractivity contribution in [2.45, 2.75) is 6.92 Å². The van der Waals surface area contributed by atoms with Crippen molar-refractivity contribution in [2.24, 2.45) is 0 Å². The molecule has 0 aliphatic carbocycles. The van der Waals surface area contributed by atoms with E-state index in [1.54, 1.807) is 32.2 Å². The number of nitrogens with one attached hydrogen (secondary N) is 2. The van der Waals surface area contributed by atoms with Crippen molar-refractivity contribution in [3.8, 4) is 0 Å². The lowest BCUT2D eigenvalue weighted by atomic mass is 10.2. The average Bonchev–Trinajstić information content (AvgIpc) is 2.44. The lowest BCUT2D eigenvalue weighted by molar-refractivity contribution is 0.102. The van der Waals surface area contributed by atoms with Gasteiger partial charge in [-0.25, -0.2) is 4.39 Å². The van der Waals surface area contributed by atoms with E-state index in [1.165, 1.54) is 12.1 Å². The van der Waals surface area contributed by atoms with Gasteiger partial charge < -0.3 is 10.6 Å². The van der Waals surface area contributed by atoms with E-state index >= 15 is 0 Å². The maximum Gasteiger partial charge on any atom is 0.276 e. The molecule has 1 amide bonds. The lowest BCUT2D eigenvalue weighted by Gasteiger charge is -2.08. The molecule has 0 bridgehead atoms. The zero-order chi connectivity index (χ0) is 13.8. The highest BCUT2D eigenvalue weighted by molar-refractivity contribution is 6.03. The summed E-state index contributed by atoms with van der Waals surface area (Å²) >= 11 is 0. The first-order valence-electron chi connectivity index (χ1n) is 5.70. The maximum atomic E-state index is 13.3. The molecule has 0 unspecified atom stereocenters. The monoisotopic (exact) mass is 260 g/mol. The normalized spacial score (nSPS) is 10.1. The number of carbonyl (C=O) groups excluding carboxylic acids is 1. The van der Waals surface area contributed by atoms with Crippen LogP contribution in [-0.4, -0.2) is 23.2 Å². The standard InChI is InChI=1S/C13H13FN4O/c1-8-9(14)4-3-5-10(8)16-13(19)11-6-7-12(15-2)18-17-11/h3-7H,1-2H3,(H,15,18)(H,16,19). The molecule has 0 fully saturated rings. The van der Waals surface area contributed by atoms with Crippen molar-refractivity contribution >= 4 is 17.4 Å². The predicted molar refractivity (Wildman–Crippen MR) is 70.7 cm³/mol. The topological polar surface area (TPSA) is 66.9 Å². The molecule has 2 N–H and O–H groups in total. The van der Waals surface area contributed by atoms with Gasteiger partial charge in [0.15, 0.2) is 5.69 Å². The molecule has 0 saturated carbocycles. The summed E-state index contributed by atoms with van der Waals surface area (Å²) < 4.78 is 13.3. The van der Waals surface area contributed by atoms with Gasteiger partial charge in [-0.2, -0.15) is 0 Å². The van der Waals surface area contributed by atoms with Gasteiger partial charge in [-0.3, -0.25) is 4.79 Å². The molecule has 6 heteroatoms. The van der Waals surface area contributed by atoms with Gasteiger partial charge in [0.2, 0.25) is 0 Å². The van der Waals surface area contributed by atoms with E-state index in [-0.39, 0.29) is 11.5 Å². The Morgan fingerprint density at radius 3 is 2.63 bits per heavy atom. The van der Waals surface area contributed by atoms with Crippen LogP contribution in [0.5, 0.6) is 0 Å². The molecule has 1 heterocycles. The quantitative estimate of drug-likeness (QED) is 0.888. The Morgan fingerprint density at radius 1 is 1.21 bits per heavy atom. The first-order valence-corrected chi connectivity index (χ1v) is 5.70. The van der Waals surface area contributed by atoms with Gasteiger partial charge in [-0.1, -0.05) is 6.07 Å². The largest absolute Gasteiger partial charge is 0.372 e. The van der Waals surface area contributed by atoms with Crippen LogP contribution in [0.3, 0.4) is 0 Å². The number of amides is 1. The zero-order valence-electron chi connectivity index (χ0n) is 10.6. The van der Waals surface area contributed by atoms with Gasteiger partial charge in [0, 0.05) is 18.3 Å². The van der Waals surface area contributed by atoms with Crippen molar-refractivity contribution in [1.29, 1.82) is 0 Å². The number of hydrogen-bond donors (Lipinski definition) is 2. The summed E-state index contributed by atoms with van der Waals surface area (Å²) in [6.07, 6.45) is 0. The fraction of sp³-hybridized carbons (Fsp3) is 0.154. The van der Waals surface area contributed by atoms with E-state index in [0.29, 0.717) is 17.1 Å². The molecule has 5 nitrogen and oxygen atoms in total. The molecule has 0 radical (unpaired) electrons. The van der Waals surface area contributed by atoms with Gasteiger partial charge >= 0.3 is 0 Å². The molecule has 2 aromatic rings. The average molecular weight is 260 g/mol. The van der Waals surface area contributed by atoms with Crippen molar-refractivity contribution in [3.05, 3.63) is 47.4 Å². The summed E-state index contributed by atoms with van der Waals surface area (Å²) in [6.45, 7) is 1.60. The molecule has 0 saturated heterocycles. The first kappa shape index (κ1) is 12.9. The number of halogens is 1. The summed E-state index contributed by atoms with van der Waals surface area (Å²) in [6, 6.07) is 7.69. The second kappa shape index (κ2) is 5.43. The van der Waals surface area contributed by atoms with Gasteiger partial charge in [0.1, 0.15) is 11.6 Å². The van der Waals surface area contributed by atoms with Crippen LogP contribution >= 0.6 is 0 Å². The molecule has 0 aliphatic heterocycles. The van der Waals surface area contributed by atoms with Crippen LogP contribution in [0.4, 0.5) is 15.9 Å². The van der Waals surface area contributed by atoms with E-state index in [9.17, 15) is 9.18 Å². The highest BCUT2D eigenvalue weighted by Crippen LogP contribution is 2.18. The number of nitrogens with zero attached hydrogens (tertiary/aromatic N) is 2. The third kappa shape index (κ3) is 2.85. The minimum atomic E-state index is -0.427. The molecular formula is C13H13FN4O. The highest BCUT2D eigenvalue weighted by atomic mass is 19.1. The molecule has 2 rings (SSSR count). The number of anilines is 2. The number of rotatable bonds is 3. The summed E-state index contributed by atoms with van der Waals surface area (Å²) in [7, 11) is 1.71. The summed E-state index contributed by atoms with van der Waals surface area (Å²) in [5.41, 5.74) is 0.975. The molecule has 19 heavy (non-hydrogen) atoms. The highest BCUT2D eigenvalue weighted by Gasteiger charge is 2.11. The van der Waals surface area contributed by atoms with Crippen LogP contribution in [-0.2, 0) is 0 Å². The smallest absolute Gasteiger partial charge is 0.276 e.